The molecule has 1 aliphatic carbocycles. The molecule has 0 saturated carbocycles. The molecule has 0 spiro atoms. The highest BCUT2D eigenvalue weighted by Crippen LogP contribution is 2.33. The minimum absolute atomic E-state index is 0.0424. The lowest BCUT2D eigenvalue weighted by molar-refractivity contribution is -0.116. The Morgan fingerprint density at radius 2 is 1.37 bits per heavy atom. The minimum Gasteiger partial charge on any atom is -0.310 e. The Hall–Kier alpha value is -3.66. The molecule has 0 fully saturated rings. The Labute approximate surface area is 176 Å². The second-order valence-electron chi connectivity index (χ2n) is 7.62. The maximum Gasteiger partial charge on any atom is 0.237 e. The van der Waals surface area contributed by atoms with Crippen LogP contribution in [0.25, 0.3) is 5.69 Å². The van der Waals surface area contributed by atoms with Crippen molar-refractivity contribution in [3.8, 4) is 5.69 Å². The average molecular weight is 393 g/mol. The second-order valence-corrected chi connectivity index (χ2v) is 7.62. The van der Waals surface area contributed by atoms with Crippen molar-refractivity contribution in [2.45, 2.75) is 25.2 Å². The highest BCUT2D eigenvalue weighted by Gasteiger charge is 2.28. The number of aromatic nitrogens is 2. The number of aryl methyl sites for hydroxylation is 1. The van der Waals surface area contributed by atoms with Gasteiger partial charge in [-0.1, -0.05) is 78.9 Å². The summed E-state index contributed by atoms with van der Waals surface area (Å²) in [4.78, 5) is 13.6. The van der Waals surface area contributed by atoms with E-state index in [1.807, 2.05) is 95.7 Å². The maximum atomic E-state index is 13.6. The van der Waals surface area contributed by atoms with E-state index in [9.17, 15) is 4.79 Å². The number of rotatable bonds is 5. The number of fused-ring (bicyclic) bond motifs is 1. The molecule has 1 aliphatic rings. The molecule has 1 N–H and O–H groups in total. The van der Waals surface area contributed by atoms with Gasteiger partial charge in [-0.05, 0) is 42.5 Å². The molecule has 3 aromatic carbocycles. The van der Waals surface area contributed by atoms with Gasteiger partial charge in [-0.3, -0.25) is 4.79 Å². The van der Waals surface area contributed by atoms with E-state index in [4.69, 9.17) is 5.10 Å². The molecule has 0 radical (unpaired) electrons. The van der Waals surface area contributed by atoms with Crippen LogP contribution in [0.4, 0.5) is 5.82 Å². The van der Waals surface area contributed by atoms with Crippen LogP contribution in [-0.2, 0) is 17.6 Å². The summed E-state index contributed by atoms with van der Waals surface area (Å²) in [5.74, 6) is 0.373. The van der Waals surface area contributed by atoms with Crippen LogP contribution in [0, 0.1) is 0 Å². The van der Waals surface area contributed by atoms with Crippen molar-refractivity contribution >= 4 is 11.7 Å². The molecule has 30 heavy (non-hydrogen) atoms. The van der Waals surface area contributed by atoms with Gasteiger partial charge in [0, 0.05) is 5.56 Å². The molecule has 0 atom stereocenters. The van der Waals surface area contributed by atoms with Gasteiger partial charge >= 0.3 is 0 Å². The van der Waals surface area contributed by atoms with Gasteiger partial charge in [-0.2, -0.15) is 5.10 Å². The molecule has 1 aromatic heterocycles. The zero-order chi connectivity index (χ0) is 20.3. The fourth-order valence-electron chi connectivity index (χ4n) is 4.25. The van der Waals surface area contributed by atoms with Crippen molar-refractivity contribution in [1.29, 1.82) is 0 Å². The van der Waals surface area contributed by atoms with Gasteiger partial charge in [0.2, 0.25) is 5.91 Å². The molecule has 4 aromatic rings. The first-order valence-corrected chi connectivity index (χ1v) is 10.4. The molecule has 5 rings (SSSR count). The Balaban J connectivity index is 1.56. The molecular weight excluding hydrogens is 370 g/mol. The Morgan fingerprint density at radius 3 is 1.97 bits per heavy atom. The summed E-state index contributed by atoms with van der Waals surface area (Å²) in [7, 11) is 0. The molecule has 1 amide bonds. The number of benzene rings is 3. The summed E-state index contributed by atoms with van der Waals surface area (Å²) in [5.41, 5.74) is 5.16. The number of amides is 1. The Kier molecular flexibility index (Phi) is 4.89. The molecule has 4 nitrogen and oxygen atoms in total. The lowest BCUT2D eigenvalue weighted by Gasteiger charge is -2.19. The first kappa shape index (κ1) is 18.4. The Bertz CT molecular complexity index is 1110. The molecule has 148 valence electrons. The lowest BCUT2D eigenvalue weighted by Crippen LogP contribution is -2.24. The van der Waals surface area contributed by atoms with E-state index >= 15 is 0 Å². The van der Waals surface area contributed by atoms with E-state index in [-0.39, 0.29) is 11.8 Å². The van der Waals surface area contributed by atoms with E-state index in [0.29, 0.717) is 0 Å². The van der Waals surface area contributed by atoms with Crippen molar-refractivity contribution in [3.63, 3.8) is 0 Å². The van der Waals surface area contributed by atoms with Crippen LogP contribution < -0.4 is 5.32 Å². The summed E-state index contributed by atoms with van der Waals surface area (Å²) in [6.07, 6.45) is 2.98. The van der Waals surface area contributed by atoms with Crippen molar-refractivity contribution in [3.05, 3.63) is 113 Å². The van der Waals surface area contributed by atoms with E-state index in [1.54, 1.807) is 0 Å². The van der Waals surface area contributed by atoms with Crippen LogP contribution in [0.5, 0.6) is 0 Å². The van der Waals surface area contributed by atoms with Gasteiger partial charge in [0.05, 0.1) is 17.3 Å². The topological polar surface area (TPSA) is 46.9 Å². The number of para-hydroxylation sites is 1. The summed E-state index contributed by atoms with van der Waals surface area (Å²) < 4.78 is 1.88. The molecule has 4 heteroatoms. The third kappa shape index (κ3) is 3.41. The van der Waals surface area contributed by atoms with E-state index in [0.717, 1.165) is 53.2 Å². The summed E-state index contributed by atoms with van der Waals surface area (Å²) in [5, 5.41) is 8.07. The third-order valence-corrected chi connectivity index (χ3v) is 5.68. The van der Waals surface area contributed by atoms with E-state index in [2.05, 4.69) is 5.32 Å². The van der Waals surface area contributed by atoms with Gasteiger partial charge in [-0.15, -0.1) is 0 Å². The van der Waals surface area contributed by atoms with Crippen LogP contribution in [0.1, 0.15) is 34.7 Å². The largest absolute Gasteiger partial charge is 0.310 e. The highest BCUT2D eigenvalue weighted by molar-refractivity contribution is 5.98. The number of hydrogen-bond donors (Lipinski definition) is 1. The number of hydrogen-bond acceptors (Lipinski definition) is 2. The first-order chi connectivity index (χ1) is 14.8. The molecule has 0 bridgehead atoms. The van der Waals surface area contributed by atoms with Gasteiger partial charge in [-0.25, -0.2) is 4.68 Å². The zero-order valence-corrected chi connectivity index (χ0v) is 16.7. The third-order valence-electron chi connectivity index (χ3n) is 5.68. The van der Waals surface area contributed by atoms with E-state index < -0.39 is 0 Å². The summed E-state index contributed by atoms with van der Waals surface area (Å²) in [6, 6.07) is 29.9. The van der Waals surface area contributed by atoms with Crippen molar-refractivity contribution in [1.82, 2.24) is 9.78 Å². The second kappa shape index (κ2) is 7.99. The normalized spacial score (nSPS) is 12.7. The number of anilines is 1. The predicted octanol–water partition coefficient (Wildman–Crippen LogP) is 5.13. The van der Waals surface area contributed by atoms with Gasteiger partial charge in [0.1, 0.15) is 5.82 Å². The molecule has 0 saturated heterocycles. The van der Waals surface area contributed by atoms with E-state index in [1.165, 1.54) is 0 Å². The zero-order valence-electron chi connectivity index (χ0n) is 16.7. The van der Waals surface area contributed by atoms with Gasteiger partial charge in [0.15, 0.2) is 0 Å². The minimum atomic E-state index is -0.386. The fourth-order valence-corrected chi connectivity index (χ4v) is 4.25. The average Bonchev–Trinajstić information content (AvgIpc) is 3.39. The summed E-state index contributed by atoms with van der Waals surface area (Å²) in [6.45, 7) is 0. The number of nitrogens with one attached hydrogen (secondary N) is 1. The Morgan fingerprint density at radius 1 is 0.800 bits per heavy atom. The first-order valence-electron chi connectivity index (χ1n) is 10.4. The van der Waals surface area contributed by atoms with Crippen LogP contribution in [0.15, 0.2) is 91.0 Å². The summed E-state index contributed by atoms with van der Waals surface area (Å²) >= 11 is 0. The van der Waals surface area contributed by atoms with Crippen LogP contribution in [0.2, 0.25) is 0 Å². The van der Waals surface area contributed by atoms with Crippen molar-refractivity contribution in [2.75, 3.05) is 5.32 Å². The predicted molar refractivity (Wildman–Crippen MR) is 119 cm³/mol. The number of carbonyl (C=O) groups is 1. The smallest absolute Gasteiger partial charge is 0.237 e. The molecule has 1 heterocycles. The number of carbonyl (C=O) groups excluding carboxylic acids is 1. The molecule has 0 unspecified atom stereocenters. The van der Waals surface area contributed by atoms with Crippen LogP contribution in [-0.4, -0.2) is 15.7 Å². The highest BCUT2D eigenvalue weighted by atomic mass is 16.2. The van der Waals surface area contributed by atoms with Crippen molar-refractivity contribution in [2.24, 2.45) is 0 Å². The van der Waals surface area contributed by atoms with Gasteiger partial charge < -0.3 is 5.32 Å². The van der Waals surface area contributed by atoms with Crippen molar-refractivity contribution < 1.29 is 4.79 Å². The maximum absolute atomic E-state index is 13.6. The molecule has 0 aliphatic heterocycles. The van der Waals surface area contributed by atoms with Crippen LogP contribution >= 0.6 is 0 Å². The van der Waals surface area contributed by atoms with Gasteiger partial charge in [0.25, 0.3) is 0 Å². The molecular formula is C26H23N3O. The fraction of sp³-hybridized carbons (Fsp3) is 0.154. The monoisotopic (exact) mass is 393 g/mol. The SMILES string of the molecule is O=C(Nc1c2c(nn1-c1ccccc1)CCC2)C(c1ccccc1)c1ccccc1. The van der Waals surface area contributed by atoms with Crippen LogP contribution in [0.3, 0.4) is 0 Å². The standard InChI is InChI=1S/C26H23N3O/c30-26(24(19-11-4-1-5-12-19)20-13-6-2-7-14-20)27-25-22-17-10-18-23(22)28-29(25)21-15-8-3-9-16-21/h1-9,11-16,24H,10,17-18H2,(H,27,30). The quantitative estimate of drug-likeness (QED) is 0.511. The number of nitrogens with zero attached hydrogens (tertiary/aromatic N) is 2. The lowest BCUT2D eigenvalue weighted by atomic mass is 9.90.